The van der Waals surface area contributed by atoms with Crippen LogP contribution in [0.3, 0.4) is 0 Å². The van der Waals surface area contributed by atoms with Crippen LogP contribution in [0, 0.1) is 0 Å². The average molecular weight is 283 g/mol. The van der Waals surface area contributed by atoms with Crippen LogP contribution in [0.4, 0.5) is 0 Å². The lowest BCUT2D eigenvalue weighted by Crippen LogP contribution is -2.35. The van der Waals surface area contributed by atoms with E-state index in [0.717, 1.165) is 5.75 Å². The summed E-state index contributed by atoms with van der Waals surface area (Å²) in [6.07, 6.45) is 0. The third-order valence-electron chi connectivity index (χ3n) is 4.03. The summed E-state index contributed by atoms with van der Waals surface area (Å²) < 4.78 is 5.63. The Morgan fingerprint density at radius 1 is 1.05 bits per heavy atom. The predicted molar refractivity (Wildman–Crippen MR) is 88.9 cm³/mol. The lowest BCUT2D eigenvalue weighted by atomic mass is 9.75. The fourth-order valence-corrected chi connectivity index (χ4v) is 2.93. The van der Waals surface area contributed by atoms with E-state index in [-0.39, 0.29) is 11.5 Å². The molecule has 0 aliphatic heterocycles. The highest BCUT2D eigenvalue weighted by molar-refractivity contribution is 5.36. The Kier molecular flexibility index (Phi) is 5.03. The summed E-state index contributed by atoms with van der Waals surface area (Å²) in [7, 11) is 2.02. The summed E-state index contributed by atoms with van der Waals surface area (Å²) in [5, 5.41) is 3.47. The minimum atomic E-state index is -0.0130. The molecule has 0 heterocycles. The molecule has 2 rings (SSSR count). The fraction of sp³-hybridized carbons (Fsp3) is 0.368. The number of hydrogen-bond donors (Lipinski definition) is 1. The van der Waals surface area contributed by atoms with Crippen LogP contribution < -0.4 is 10.1 Å². The maximum Gasteiger partial charge on any atom is 0.119 e. The molecule has 1 N–H and O–H groups in total. The van der Waals surface area contributed by atoms with Gasteiger partial charge in [-0.3, -0.25) is 0 Å². The van der Waals surface area contributed by atoms with E-state index in [2.05, 4.69) is 67.7 Å². The Morgan fingerprint density at radius 3 is 2.38 bits per heavy atom. The molecule has 2 aromatic carbocycles. The van der Waals surface area contributed by atoms with Crippen molar-refractivity contribution in [3.05, 3.63) is 65.7 Å². The zero-order valence-electron chi connectivity index (χ0n) is 13.4. The summed E-state index contributed by atoms with van der Waals surface area (Å²) in [6.45, 7) is 7.25. The first-order chi connectivity index (χ1) is 10.1. The van der Waals surface area contributed by atoms with Gasteiger partial charge in [-0.25, -0.2) is 0 Å². The topological polar surface area (TPSA) is 21.3 Å². The molecule has 0 aliphatic rings. The van der Waals surface area contributed by atoms with E-state index in [1.165, 1.54) is 11.1 Å². The summed E-state index contributed by atoms with van der Waals surface area (Å²) in [6, 6.07) is 19.2. The molecular weight excluding hydrogens is 258 g/mol. The fourth-order valence-electron chi connectivity index (χ4n) is 2.93. The number of likely N-dealkylation sites (N-methyl/N-ethyl adjacent to an activating group) is 1. The number of ether oxygens (including phenoxy) is 1. The smallest absolute Gasteiger partial charge is 0.119 e. The Balaban J connectivity index is 2.37. The third-order valence-corrected chi connectivity index (χ3v) is 4.03. The summed E-state index contributed by atoms with van der Waals surface area (Å²) in [5.41, 5.74) is 2.56. The van der Waals surface area contributed by atoms with Crippen molar-refractivity contribution in [2.75, 3.05) is 13.7 Å². The van der Waals surface area contributed by atoms with Crippen molar-refractivity contribution >= 4 is 0 Å². The molecule has 0 saturated heterocycles. The molecule has 1 atom stereocenters. The first-order valence-electron chi connectivity index (χ1n) is 7.55. The predicted octanol–water partition coefficient (Wildman–Crippen LogP) is 4.32. The number of benzene rings is 2. The molecule has 21 heavy (non-hydrogen) atoms. The van der Waals surface area contributed by atoms with Crippen molar-refractivity contribution in [1.82, 2.24) is 5.32 Å². The van der Waals surface area contributed by atoms with Gasteiger partial charge < -0.3 is 10.1 Å². The monoisotopic (exact) mass is 283 g/mol. The maximum absolute atomic E-state index is 5.63. The van der Waals surface area contributed by atoms with Crippen LogP contribution >= 0.6 is 0 Å². The summed E-state index contributed by atoms with van der Waals surface area (Å²) in [4.78, 5) is 0. The summed E-state index contributed by atoms with van der Waals surface area (Å²) >= 11 is 0. The van der Waals surface area contributed by atoms with Crippen molar-refractivity contribution in [2.45, 2.75) is 32.2 Å². The standard InChI is InChI=1S/C19H25NO/c1-5-21-17-13-9-10-15(14-17)18(20-4)19(2,3)16-11-7-6-8-12-16/h6-14,18,20H,5H2,1-4H3. The van der Waals surface area contributed by atoms with Gasteiger partial charge in [-0.05, 0) is 37.2 Å². The molecule has 1 unspecified atom stereocenters. The van der Waals surface area contributed by atoms with Crippen LogP contribution in [0.15, 0.2) is 54.6 Å². The van der Waals surface area contributed by atoms with Gasteiger partial charge in [0.25, 0.3) is 0 Å². The lowest BCUT2D eigenvalue weighted by molar-refractivity contribution is 0.335. The second kappa shape index (κ2) is 6.77. The van der Waals surface area contributed by atoms with E-state index in [4.69, 9.17) is 4.74 Å². The maximum atomic E-state index is 5.63. The van der Waals surface area contributed by atoms with Gasteiger partial charge in [0, 0.05) is 11.5 Å². The molecular formula is C19H25NO. The van der Waals surface area contributed by atoms with Gasteiger partial charge in [0.15, 0.2) is 0 Å². The average Bonchev–Trinajstić information content (AvgIpc) is 2.49. The van der Waals surface area contributed by atoms with Gasteiger partial charge in [-0.15, -0.1) is 0 Å². The summed E-state index contributed by atoms with van der Waals surface area (Å²) in [5.74, 6) is 0.930. The van der Waals surface area contributed by atoms with Crippen LogP contribution in [0.1, 0.15) is 37.9 Å². The van der Waals surface area contributed by atoms with E-state index in [1.807, 2.05) is 20.0 Å². The lowest BCUT2D eigenvalue weighted by Gasteiger charge is -2.35. The molecule has 0 bridgehead atoms. The molecule has 2 nitrogen and oxygen atoms in total. The van der Waals surface area contributed by atoms with Gasteiger partial charge in [-0.2, -0.15) is 0 Å². The number of rotatable bonds is 6. The first-order valence-corrected chi connectivity index (χ1v) is 7.55. The highest BCUT2D eigenvalue weighted by atomic mass is 16.5. The Labute approximate surface area is 128 Å². The van der Waals surface area contributed by atoms with Gasteiger partial charge in [-0.1, -0.05) is 56.3 Å². The second-order valence-corrected chi connectivity index (χ2v) is 5.81. The first kappa shape index (κ1) is 15.6. The van der Waals surface area contributed by atoms with Crippen molar-refractivity contribution < 1.29 is 4.74 Å². The van der Waals surface area contributed by atoms with Crippen molar-refractivity contribution in [3.63, 3.8) is 0 Å². The molecule has 0 fully saturated rings. The van der Waals surface area contributed by atoms with E-state index < -0.39 is 0 Å². The largest absolute Gasteiger partial charge is 0.494 e. The molecule has 0 spiro atoms. The Hall–Kier alpha value is -1.80. The third kappa shape index (κ3) is 3.45. The van der Waals surface area contributed by atoms with E-state index >= 15 is 0 Å². The van der Waals surface area contributed by atoms with Crippen LogP contribution in [0.2, 0.25) is 0 Å². The van der Waals surface area contributed by atoms with Crippen molar-refractivity contribution in [3.8, 4) is 5.75 Å². The second-order valence-electron chi connectivity index (χ2n) is 5.81. The molecule has 0 aromatic heterocycles. The van der Waals surface area contributed by atoms with Crippen molar-refractivity contribution in [2.24, 2.45) is 0 Å². The minimum Gasteiger partial charge on any atom is -0.494 e. The molecule has 112 valence electrons. The molecule has 2 heteroatoms. The highest BCUT2D eigenvalue weighted by Gasteiger charge is 2.31. The highest BCUT2D eigenvalue weighted by Crippen LogP contribution is 2.37. The molecule has 0 saturated carbocycles. The Bertz CT molecular complexity index is 563. The van der Waals surface area contributed by atoms with Crippen LogP contribution in [-0.2, 0) is 5.41 Å². The zero-order valence-corrected chi connectivity index (χ0v) is 13.4. The van der Waals surface area contributed by atoms with Gasteiger partial charge in [0.05, 0.1) is 6.61 Å². The normalized spacial score (nSPS) is 13.0. The number of hydrogen-bond acceptors (Lipinski definition) is 2. The van der Waals surface area contributed by atoms with Gasteiger partial charge >= 0.3 is 0 Å². The van der Waals surface area contributed by atoms with Crippen LogP contribution in [0.5, 0.6) is 5.75 Å². The molecule has 2 aromatic rings. The van der Waals surface area contributed by atoms with Crippen molar-refractivity contribution in [1.29, 1.82) is 0 Å². The van der Waals surface area contributed by atoms with E-state index in [9.17, 15) is 0 Å². The quantitative estimate of drug-likeness (QED) is 0.852. The molecule has 0 amide bonds. The van der Waals surface area contributed by atoms with E-state index in [0.29, 0.717) is 6.61 Å². The SMILES string of the molecule is CCOc1cccc(C(NC)C(C)(C)c2ccccc2)c1. The zero-order chi connectivity index (χ0) is 15.3. The van der Waals surface area contributed by atoms with Gasteiger partial charge in [0.2, 0.25) is 0 Å². The minimum absolute atomic E-state index is 0.0130. The van der Waals surface area contributed by atoms with E-state index in [1.54, 1.807) is 0 Å². The molecule has 0 aliphatic carbocycles. The van der Waals surface area contributed by atoms with Crippen LogP contribution in [-0.4, -0.2) is 13.7 Å². The van der Waals surface area contributed by atoms with Crippen LogP contribution in [0.25, 0.3) is 0 Å². The van der Waals surface area contributed by atoms with Gasteiger partial charge in [0.1, 0.15) is 5.75 Å². The number of nitrogens with one attached hydrogen (secondary N) is 1. The Morgan fingerprint density at radius 2 is 1.76 bits per heavy atom. The molecule has 0 radical (unpaired) electrons.